The molecule has 154 valence electrons. The molecule has 8 nitrogen and oxygen atoms in total. The Morgan fingerprint density at radius 2 is 2.07 bits per heavy atom. The maximum Gasteiger partial charge on any atom is 0.325 e. The number of nitrogen functional groups attached to an aromatic ring is 1. The maximum atomic E-state index is 13.0. The van der Waals surface area contributed by atoms with Crippen LogP contribution in [0.25, 0.3) is 0 Å². The largest absolute Gasteiger partial charge is 0.384 e. The van der Waals surface area contributed by atoms with Crippen LogP contribution in [0.15, 0.2) is 59.4 Å². The third-order valence-corrected chi connectivity index (χ3v) is 5.48. The number of rotatable bonds is 5. The molecule has 3 atom stereocenters. The van der Waals surface area contributed by atoms with E-state index in [2.05, 4.69) is 15.5 Å². The molecule has 1 fully saturated rings. The third kappa shape index (κ3) is 3.63. The molecule has 3 heterocycles. The molecule has 2 aromatic heterocycles. The van der Waals surface area contributed by atoms with E-state index < -0.39 is 18.0 Å². The summed E-state index contributed by atoms with van der Waals surface area (Å²) in [6, 6.07) is 12.0. The molecular weight excluding hydrogens is 382 g/mol. The fourth-order valence-electron chi connectivity index (χ4n) is 3.87. The predicted octanol–water partition coefficient (Wildman–Crippen LogP) is 3.17. The van der Waals surface area contributed by atoms with Crippen LogP contribution < -0.4 is 11.1 Å². The number of urea groups is 1. The molecule has 1 saturated heterocycles. The number of carbonyl (C=O) groups is 2. The number of imide groups is 1. The summed E-state index contributed by atoms with van der Waals surface area (Å²) < 4.78 is 5.08. The van der Waals surface area contributed by atoms with E-state index in [4.69, 9.17) is 10.3 Å². The fourth-order valence-corrected chi connectivity index (χ4v) is 3.87. The van der Waals surface area contributed by atoms with E-state index in [-0.39, 0.29) is 11.9 Å². The topological polar surface area (TPSA) is 114 Å². The highest BCUT2D eigenvalue weighted by Crippen LogP contribution is 2.43. The van der Waals surface area contributed by atoms with Crippen LogP contribution in [0.1, 0.15) is 41.4 Å². The van der Waals surface area contributed by atoms with E-state index in [1.54, 1.807) is 19.2 Å². The number of carbonyl (C=O) groups excluding carboxylic acids is 2. The molecule has 4 rings (SSSR count). The van der Waals surface area contributed by atoms with Gasteiger partial charge in [-0.2, -0.15) is 0 Å². The number of aromatic nitrogens is 2. The number of pyridine rings is 1. The maximum absolute atomic E-state index is 13.0. The number of nitrogens with zero attached hydrogens (tertiary/aromatic N) is 3. The summed E-state index contributed by atoms with van der Waals surface area (Å²) in [4.78, 5) is 31.2. The molecule has 0 spiro atoms. The average Bonchev–Trinajstić information content (AvgIpc) is 3.15. The summed E-state index contributed by atoms with van der Waals surface area (Å²) in [5.41, 5.74) is 9.00. The summed E-state index contributed by atoms with van der Waals surface area (Å²) >= 11 is 0. The number of benzene rings is 1. The Morgan fingerprint density at radius 1 is 1.30 bits per heavy atom. The van der Waals surface area contributed by atoms with Crippen LogP contribution in [0.5, 0.6) is 0 Å². The zero-order chi connectivity index (χ0) is 21.3. The summed E-state index contributed by atoms with van der Waals surface area (Å²) in [7, 11) is 0. The Bertz CT molecular complexity index is 1070. The molecule has 30 heavy (non-hydrogen) atoms. The minimum Gasteiger partial charge on any atom is -0.384 e. The summed E-state index contributed by atoms with van der Waals surface area (Å²) in [5, 5.41) is 6.85. The van der Waals surface area contributed by atoms with Gasteiger partial charge in [0.1, 0.15) is 12.1 Å². The zero-order valence-electron chi connectivity index (χ0n) is 16.8. The summed E-state index contributed by atoms with van der Waals surface area (Å²) in [6.07, 6.45) is 3.56. The lowest BCUT2D eigenvalue weighted by Crippen LogP contribution is -2.61. The van der Waals surface area contributed by atoms with Crippen molar-refractivity contribution in [1.82, 2.24) is 20.4 Å². The Balaban J connectivity index is 1.57. The Hall–Kier alpha value is -3.68. The molecule has 0 aliphatic carbocycles. The molecule has 3 amide bonds. The number of hydrogen-bond acceptors (Lipinski definition) is 6. The highest BCUT2D eigenvalue weighted by atomic mass is 16.5. The van der Waals surface area contributed by atoms with E-state index in [0.29, 0.717) is 17.9 Å². The van der Waals surface area contributed by atoms with Gasteiger partial charge < -0.3 is 15.6 Å². The number of amides is 3. The molecule has 0 saturated carbocycles. The Labute approximate surface area is 174 Å². The van der Waals surface area contributed by atoms with Crippen LogP contribution in [0, 0.1) is 12.8 Å². The van der Waals surface area contributed by atoms with E-state index in [9.17, 15) is 9.59 Å². The lowest BCUT2D eigenvalue weighted by molar-refractivity contribution is -0.150. The van der Waals surface area contributed by atoms with Crippen molar-refractivity contribution in [1.29, 1.82) is 0 Å². The molecular formula is C22H23N5O3. The van der Waals surface area contributed by atoms with Crippen LogP contribution in [0.4, 0.5) is 10.6 Å². The van der Waals surface area contributed by atoms with Crippen molar-refractivity contribution in [2.45, 2.75) is 32.4 Å². The van der Waals surface area contributed by atoms with Gasteiger partial charge in [-0.3, -0.25) is 9.69 Å². The van der Waals surface area contributed by atoms with Crippen molar-refractivity contribution in [3.63, 3.8) is 0 Å². The normalized spacial score (nSPS) is 19.3. The average molecular weight is 405 g/mol. The van der Waals surface area contributed by atoms with E-state index in [0.717, 1.165) is 16.7 Å². The van der Waals surface area contributed by atoms with Crippen molar-refractivity contribution in [2.75, 3.05) is 5.73 Å². The van der Waals surface area contributed by atoms with E-state index in [1.165, 1.54) is 11.2 Å². The first-order valence-electron chi connectivity index (χ1n) is 9.75. The smallest absolute Gasteiger partial charge is 0.325 e. The van der Waals surface area contributed by atoms with Gasteiger partial charge in [-0.1, -0.05) is 35.5 Å². The number of nitrogens with one attached hydrogen (secondary N) is 1. The molecule has 1 aromatic carbocycles. The van der Waals surface area contributed by atoms with Gasteiger partial charge >= 0.3 is 6.03 Å². The standard InChI is InChI=1S/C22H23N5O3/c1-13(16-6-4-3-5-7-16)25-22(29)27-20(18-12-30-26-14(18)2)17(21(27)28)10-15-8-9-24-19(23)11-15/h3-9,11-13,17,20H,10H2,1-2H3,(H2,23,24)(H,25,29). The lowest BCUT2D eigenvalue weighted by Gasteiger charge is -2.45. The van der Waals surface area contributed by atoms with Crippen LogP contribution in [0.2, 0.25) is 0 Å². The number of nitrogens with two attached hydrogens (primary N) is 1. The van der Waals surface area contributed by atoms with Gasteiger partial charge in [0.2, 0.25) is 5.91 Å². The Kier molecular flexibility index (Phi) is 5.22. The third-order valence-electron chi connectivity index (χ3n) is 5.48. The predicted molar refractivity (Wildman–Crippen MR) is 110 cm³/mol. The summed E-state index contributed by atoms with van der Waals surface area (Å²) in [5.74, 6) is -0.264. The minimum absolute atomic E-state index is 0.241. The number of aryl methyl sites for hydroxylation is 1. The van der Waals surface area contributed by atoms with Crippen LogP contribution in [-0.2, 0) is 11.2 Å². The van der Waals surface area contributed by atoms with Crippen LogP contribution in [-0.4, -0.2) is 27.0 Å². The number of likely N-dealkylation sites (tertiary alicyclic amines) is 1. The second kappa shape index (κ2) is 7.98. The molecule has 0 radical (unpaired) electrons. The summed E-state index contributed by atoms with van der Waals surface area (Å²) in [6.45, 7) is 3.68. The van der Waals surface area contributed by atoms with Gasteiger partial charge in [-0.25, -0.2) is 9.78 Å². The quantitative estimate of drug-likeness (QED) is 0.630. The fraction of sp³-hybridized carbons (Fsp3) is 0.273. The Morgan fingerprint density at radius 3 is 2.73 bits per heavy atom. The minimum atomic E-state index is -0.457. The second-order valence-electron chi connectivity index (χ2n) is 7.49. The number of anilines is 1. The first-order valence-corrected chi connectivity index (χ1v) is 9.75. The molecule has 3 unspecified atom stereocenters. The number of hydrogen-bond donors (Lipinski definition) is 2. The van der Waals surface area contributed by atoms with Crippen LogP contribution in [0.3, 0.4) is 0 Å². The zero-order valence-corrected chi connectivity index (χ0v) is 16.8. The first-order chi connectivity index (χ1) is 14.5. The van der Waals surface area contributed by atoms with Gasteiger partial charge in [0.05, 0.1) is 23.7 Å². The van der Waals surface area contributed by atoms with Crippen molar-refractivity contribution in [2.24, 2.45) is 5.92 Å². The van der Waals surface area contributed by atoms with Gasteiger partial charge in [0, 0.05) is 11.8 Å². The highest BCUT2D eigenvalue weighted by Gasteiger charge is 2.52. The van der Waals surface area contributed by atoms with Crippen molar-refractivity contribution in [3.05, 3.63) is 77.3 Å². The van der Waals surface area contributed by atoms with E-state index >= 15 is 0 Å². The molecule has 1 aliphatic heterocycles. The van der Waals surface area contributed by atoms with Crippen molar-refractivity contribution in [3.8, 4) is 0 Å². The molecule has 1 aliphatic rings. The first kappa shape index (κ1) is 19.6. The van der Waals surface area contributed by atoms with E-state index in [1.807, 2.05) is 43.3 Å². The SMILES string of the molecule is Cc1nocc1C1C(Cc2ccnc(N)c2)C(=O)N1C(=O)NC(C)c1ccccc1. The van der Waals surface area contributed by atoms with Gasteiger partial charge in [0.15, 0.2) is 0 Å². The highest BCUT2D eigenvalue weighted by molar-refractivity contribution is 6.01. The van der Waals surface area contributed by atoms with Crippen molar-refractivity contribution < 1.29 is 14.1 Å². The van der Waals surface area contributed by atoms with Crippen molar-refractivity contribution >= 4 is 17.8 Å². The second-order valence-corrected chi connectivity index (χ2v) is 7.49. The molecule has 3 aromatic rings. The molecule has 0 bridgehead atoms. The lowest BCUT2D eigenvalue weighted by atomic mass is 9.79. The van der Waals surface area contributed by atoms with Gasteiger partial charge in [0.25, 0.3) is 0 Å². The van der Waals surface area contributed by atoms with Gasteiger partial charge in [-0.15, -0.1) is 0 Å². The number of β-lactam (4-membered cyclic amide) rings is 1. The van der Waals surface area contributed by atoms with Gasteiger partial charge in [-0.05, 0) is 43.5 Å². The molecule has 8 heteroatoms. The van der Waals surface area contributed by atoms with Crippen LogP contribution >= 0.6 is 0 Å². The molecule has 3 N–H and O–H groups in total. The monoisotopic (exact) mass is 405 g/mol.